The van der Waals surface area contributed by atoms with Gasteiger partial charge in [-0.1, -0.05) is 48.7 Å². The van der Waals surface area contributed by atoms with E-state index in [2.05, 4.69) is 10.6 Å². The van der Waals surface area contributed by atoms with E-state index in [1.165, 1.54) is 0 Å². The Bertz CT molecular complexity index is 934. The molecule has 1 saturated heterocycles. The third kappa shape index (κ3) is 5.02. The molecule has 3 atom stereocenters. The van der Waals surface area contributed by atoms with Crippen molar-refractivity contribution in [2.24, 2.45) is 5.92 Å². The highest BCUT2D eigenvalue weighted by Gasteiger charge is 2.38. The molecule has 2 aromatic carbocycles. The van der Waals surface area contributed by atoms with Crippen molar-refractivity contribution in [1.82, 2.24) is 15.5 Å². The van der Waals surface area contributed by atoms with Crippen LogP contribution in [0.3, 0.4) is 0 Å². The van der Waals surface area contributed by atoms with Crippen molar-refractivity contribution < 1.29 is 14.3 Å². The number of carbonyl (C=O) groups excluding carboxylic acids is 2. The van der Waals surface area contributed by atoms with Gasteiger partial charge in [0.25, 0.3) is 5.91 Å². The molecular weight excluding hydrogens is 414 g/mol. The average Bonchev–Trinajstić information content (AvgIpc) is 2.79. The standard InChI is InChI=1S/C24H28ClN3O3/c1-31-17-12-10-16(11-13-17)14-28(24(30)18-6-2-4-8-20(18)25)15-22-26-21-9-5-3-7-19(21)23(29)27-22/h2,4,6,8,10-13,19,21-22,26H,3,5,7,9,14-15H2,1H3,(H,27,29). The van der Waals surface area contributed by atoms with Crippen molar-refractivity contribution in [3.8, 4) is 5.75 Å². The van der Waals surface area contributed by atoms with E-state index in [4.69, 9.17) is 16.3 Å². The zero-order valence-electron chi connectivity index (χ0n) is 17.6. The first-order valence-electron chi connectivity index (χ1n) is 10.8. The highest BCUT2D eigenvalue weighted by atomic mass is 35.5. The molecule has 0 bridgehead atoms. The highest BCUT2D eigenvalue weighted by molar-refractivity contribution is 6.33. The summed E-state index contributed by atoms with van der Waals surface area (Å²) in [6, 6.07) is 14.9. The number of halogens is 1. The summed E-state index contributed by atoms with van der Waals surface area (Å²) < 4.78 is 5.23. The summed E-state index contributed by atoms with van der Waals surface area (Å²) >= 11 is 6.31. The van der Waals surface area contributed by atoms with Gasteiger partial charge in [-0.3, -0.25) is 14.9 Å². The van der Waals surface area contributed by atoms with Gasteiger partial charge in [0.15, 0.2) is 0 Å². The number of carbonyl (C=O) groups is 2. The normalized spacial score (nSPS) is 22.9. The van der Waals surface area contributed by atoms with Crippen LogP contribution in [0.4, 0.5) is 0 Å². The first-order chi connectivity index (χ1) is 15.0. The Hall–Kier alpha value is -2.57. The lowest BCUT2D eigenvalue weighted by molar-refractivity contribution is -0.131. The maximum atomic E-state index is 13.4. The maximum absolute atomic E-state index is 13.4. The van der Waals surface area contributed by atoms with Crippen LogP contribution in [0.2, 0.25) is 5.02 Å². The quantitative estimate of drug-likeness (QED) is 0.718. The number of benzene rings is 2. The van der Waals surface area contributed by atoms with Crippen LogP contribution < -0.4 is 15.4 Å². The summed E-state index contributed by atoms with van der Waals surface area (Å²) in [4.78, 5) is 27.8. The number of nitrogens with one attached hydrogen (secondary N) is 2. The zero-order chi connectivity index (χ0) is 21.8. The molecule has 2 amide bonds. The van der Waals surface area contributed by atoms with E-state index in [9.17, 15) is 9.59 Å². The van der Waals surface area contributed by atoms with E-state index >= 15 is 0 Å². The fraction of sp³-hybridized carbons (Fsp3) is 0.417. The van der Waals surface area contributed by atoms with E-state index in [1.807, 2.05) is 24.3 Å². The minimum absolute atomic E-state index is 0.0271. The predicted molar refractivity (Wildman–Crippen MR) is 120 cm³/mol. The largest absolute Gasteiger partial charge is 0.497 e. The molecule has 4 rings (SSSR count). The first-order valence-corrected chi connectivity index (χ1v) is 11.2. The monoisotopic (exact) mass is 441 g/mol. The van der Waals surface area contributed by atoms with Gasteiger partial charge in [-0.05, 0) is 42.7 Å². The van der Waals surface area contributed by atoms with Crippen molar-refractivity contribution in [2.45, 2.75) is 44.4 Å². The molecule has 1 aliphatic heterocycles. The van der Waals surface area contributed by atoms with Crippen molar-refractivity contribution >= 4 is 23.4 Å². The third-order valence-corrected chi connectivity index (χ3v) is 6.49. The van der Waals surface area contributed by atoms with E-state index in [0.717, 1.165) is 37.0 Å². The Morgan fingerprint density at radius 1 is 1.13 bits per heavy atom. The molecule has 0 radical (unpaired) electrons. The Kier molecular flexibility index (Phi) is 6.78. The van der Waals surface area contributed by atoms with Crippen LogP contribution >= 0.6 is 11.6 Å². The number of fused-ring (bicyclic) bond motifs is 1. The minimum Gasteiger partial charge on any atom is -0.497 e. The molecule has 1 aliphatic carbocycles. The van der Waals surface area contributed by atoms with Gasteiger partial charge in [0, 0.05) is 12.6 Å². The molecular formula is C24H28ClN3O3. The van der Waals surface area contributed by atoms with Gasteiger partial charge < -0.3 is 15.0 Å². The predicted octanol–water partition coefficient (Wildman–Crippen LogP) is 3.60. The van der Waals surface area contributed by atoms with E-state index < -0.39 is 0 Å². The van der Waals surface area contributed by atoms with E-state index in [0.29, 0.717) is 23.7 Å². The molecule has 3 unspecified atom stereocenters. The number of rotatable bonds is 6. The van der Waals surface area contributed by atoms with Crippen LogP contribution in [-0.2, 0) is 11.3 Å². The molecule has 6 nitrogen and oxygen atoms in total. The summed E-state index contributed by atoms with van der Waals surface area (Å²) in [5.41, 5.74) is 1.43. The fourth-order valence-electron chi connectivity index (χ4n) is 4.52. The smallest absolute Gasteiger partial charge is 0.255 e. The second kappa shape index (κ2) is 9.71. The van der Waals surface area contributed by atoms with Crippen molar-refractivity contribution in [1.29, 1.82) is 0 Å². The lowest BCUT2D eigenvalue weighted by Gasteiger charge is -2.41. The van der Waals surface area contributed by atoms with Gasteiger partial charge in [-0.15, -0.1) is 0 Å². The third-order valence-electron chi connectivity index (χ3n) is 6.16. The maximum Gasteiger partial charge on any atom is 0.255 e. The SMILES string of the molecule is COc1ccc(CN(CC2NC(=O)C3CCCCC3N2)C(=O)c2ccccc2Cl)cc1. The topological polar surface area (TPSA) is 70.7 Å². The Morgan fingerprint density at radius 3 is 2.61 bits per heavy atom. The van der Waals surface area contributed by atoms with Crippen molar-refractivity contribution in [3.63, 3.8) is 0 Å². The molecule has 2 fully saturated rings. The van der Waals surface area contributed by atoms with Crippen LogP contribution in [-0.4, -0.2) is 42.6 Å². The van der Waals surface area contributed by atoms with Crippen LogP contribution in [0.15, 0.2) is 48.5 Å². The van der Waals surface area contributed by atoms with Gasteiger partial charge in [0.1, 0.15) is 5.75 Å². The van der Waals surface area contributed by atoms with Gasteiger partial charge in [-0.25, -0.2) is 0 Å². The van der Waals surface area contributed by atoms with Crippen LogP contribution in [0.5, 0.6) is 5.75 Å². The number of hydrogen-bond donors (Lipinski definition) is 2. The van der Waals surface area contributed by atoms with Gasteiger partial charge in [0.05, 0.1) is 36.3 Å². The molecule has 1 heterocycles. The Balaban J connectivity index is 1.55. The number of methoxy groups -OCH3 is 1. The number of amides is 2. The fourth-order valence-corrected chi connectivity index (χ4v) is 4.73. The minimum atomic E-state index is -0.295. The summed E-state index contributed by atoms with van der Waals surface area (Å²) in [5, 5.41) is 7.05. The molecule has 164 valence electrons. The molecule has 1 saturated carbocycles. The van der Waals surface area contributed by atoms with Crippen LogP contribution in [0.1, 0.15) is 41.6 Å². The Labute approximate surface area is 187 Å². The number of nitrogens with zero attached hydrogens (tertiary/aromatic N) is 1. The zero-order valence-corrected chi connectivity index (χ0v) is 18.4. The molecule has 2 aliphatic rings. The van der Waals surface area contributed by atoms with Crippen LogP contribution in [0, 0.1) is 5.92 Å². The second-order valence-corrected chi connectivity index (χ2v) is 8.65. The molecule has 7 heteroatoms. The number of ether oxygens (including phenoxy) is 1. The summed E-state index contributed by atoms with van der Waals surface area (Å²) in [6.07, 6.45) is 3.84. The summed E-state index contributed by atoms with van der Waals surface area (Å²) in [6.45, 7) is 0.751. The summed E-state index contributed by atoms with van der Waals surface area (Å²) in [7, 11) is 1.62. The summed E-state index contributed by atoms with van der Waals surface area (Å²) in [5.74, 6) is 0.711. The Morgan fingerprint density at radius 2 is 1.87 bits per heavy atom. The molecule has 0 aromatic heterocycles. The molecule has 0 spiro atoms. The second-order valence-electron chi connectivity index (χ2n) is 8.24. The first kappa shape index (κ1) is 21.7. The van der Waals surface area contributed by atoms with Gasteiger partial charge in [-0.2, -0.15) is 0 Å². The van der Waals surface area contributed by atoms with Crippen molar-refractivity contribution in [2.75, 3.05) is 13.7 Å². The highest BCUT2D eigenvalue weighted by Crippen LogP contribution is 2.27. The van der Waals surface area contributed by atoms with E-state index in [-0.39, 0.29) is 29.9 Å². The molecule has 2 aromatic rings. The van der Waals surface area contributed by atoms with Gasteiger partial charge >= 0.3 is 0 Å². The molecule has 2 N–H and O–H groups in total. The van der Waals surface area contributed by atoms with E-state index in [1.54, 1.807) is 36.3 Å². The number of hydrogen-bond acceptors (Lipinski definition) is 4. The lowest BCUT2D eigenvalue weighted by atomic mass is 9.82. The van der Waals surface area contributed by atoms with Gasteiger partial charge in [0.2, 0.25) is 5.91 Å². The van der Waals surface area contributed by atoms with Crippen LogP contribution in [0.25, 0.3) is 0 Å². The van der Waals surface area contributed by atoms with Crippen molar-refractivity contribution in [3.05, 3.63) is 64.7 Å². The molecule has 31 heavy (non-hydrogen) atoms. The lowest BCUT2D eigenvalue weighted by Crippen LogP contribution is -2.65. The average molecular weight is 442 g/mol.